The van der Waals surface area contributed by atoms with Crippen molar-refractivity contribution in [3.8, 4) is 0 Å². The van der Waals surface area contributed by atoms with Crippen molar-refractivity contribution >= 4 is 50.2 Å². The highest BCUT2D eigenvalue weighted by Crippen LogP contribution is 2.34. The molecule has 0 radical (unpaired) electrons. The van der Waals surface area contributed by atoms with Crippen LogP contribution in [-0.4, -0.2) is 26.4 Å². The average Bonchev–Trinajstić information content (AvgIpc) is 3.29. The Morgan fingerprint density at radius 3 is 2.46 bits per heavy atom. The van der Waals surface area contributed by atoms with E-state index in [1.165, 1.54) is 23.5 Å². The normalized spacial score (nSPS) is 14.8. The number of benzene rings is 2. The van der Waals surface area contributed by atoms with E-state index in [1.807, 2.05) is 11.4 Å². The standard InChI is InChI=1S/C21H15NO4S2/c1-28(25,26)15-7-4-13(5-8-15)11-17-16-12-14(6-9-18(16)22-21(17)24)20(23)19-3-2-10-27-19/h2-12H,1H3,(H,22,24)/b17-11-. The van der Waals surface area contributed by atoms with Crippen LogP contribution in [-0.2, 0) is 14.6 Å². The Labute approximate surface area is 166 Å². The summed E-state index contributed by atoms with van der Waals surface area (Å²) < 4.78 is 23.2. The van der Waals surface area contributed by atoms with Crippen molar-refractivity contribution in [1.29, 1.82) is 0 Å². The van der Waals surface area contributed by atoms with Crippen molar-refractivity contribution in [2.75, 3.05) is 11.6 Å². The maximum Gasteiger partial charge on any atom is 0.256 e. The van der Waals surface area contributed by atoms with Crippen molar-refractivity contribution < 1.29 is 18.0 Å². The number of hydrogen-bond acceptors (Lipinski definition) is 5. The molecule has 1 aromatic heterocycles. The molecule has 0 saturated heterocycles. The number of hydrogen-bond donors (Lipinski definition) is 1. The largest absolute Gasteiger partial charge is 0.321 e. The number of rotatable bonds is 4. The number of amides is 1. The monoisotopic (exact) mass is 409 g/mol. The van der Waals surface area contributed by atoms with Crippen molar-refractivity contribution in [1.82, 2.24) is 0 Å². The van der Waals surface area contributed by atoms with Crippen LogP contribution in [0.2, 0.25) is 0 Å². The first-order chi connectivity index (χ1) is 13.3. The van der Waals surface area contributed by atoms with Crippen LogP contribution in [0.25, 0.3) is 11.6 Å². The van der Waals surface area contributed by atoms with Crippen LogP contribution < -0.4 is 5.32 Å². The summed E-state index contributed by atoms with van der Waals surface area (Å²) >= 11 is 1.37. The van der Waals surface area contributed by atoms with Gasteiger partial charge < -0.3 is 5.32 Å². The molecule has 3 aromatic rings. The van der Waals surface area contributed by atoms with Crippen molar-refractivity contribution in [3.63, 3.8) is 0 Å². The summed E-state index contributed by atoms with van der Waals surface area (Å²) in [7, 11) is -3.28. The van der Waals surface area contributed by atoms with E-state index in [9.17, 15) is 18.0 Å². The molecule has 2 aromatic carbocycles. The van der Waals surface area contributed by atoms with Gasteiger partial charge in [0.1, 0.15) is 0 Å². The van der Waals surface area contributed by atoms with Gasteiger partial charge in [0.25, 0.3) is 5.91 Å². The first kappa shape index (κ1) is 18.3. The molecule has 0 spiro atoms. The quantitative estimate of drug-likeness (QED) is 0.524. The van der Waals surface area contributed by atoms with Gasteiger partial charge in [0, 0.05) is 28.6 Å². The summed E-state index contributed by atoms with van der Waals surface area (Å²) in [5, 5.41) is 4.64. The number of nitrogens with one attached hydrogen (secondary N) is 1. The molecule has 4 rings (SSSR count). The van der Waals surface area contributed by atoms with Gasteiger partial charge in [-0.15, -0.1) is 11.3 Å². The van der Waals surface area contributed by atoms with Gasteiger partial charge in [-0.1, -0.05) is 18.2 Å². The van der Waals surface area contributed by atoms with E-state index in [0.29, 0.717) is 32.8 Å². The maximum atomic E-state index is 12.6. The molecule has 1 amide bonds. The zero-order valence-electron chi connectivity index (χ0n) is 14.8. The van der Waals surface area contributed by atoms with Gasteiger partial charge in [-0.3, -0.25) is 9.59 Å². The molecular weight excluding hydrogens is 394 g/mol. The fourth-order valence-electron chi connectivity index (χ4n) is 3.00. The van der Waals surface area contributed by atoms with Gasteiger partial charge >= 0.3 is 0 Å². The van der Waals surface area contributed by atoms with Gasteiger partial charge in [0.05, 0.1) is 9.77 Å². The van der Waals surface area contributed by atoms with Crippen LogP contribution in [0.15, 0.2) is 64.9 Å². The van der Waals surface area contributed by atoms with Crippen LogP contribution in [0, 0.1) is 0 Å². The van der Waals surface area contributed by atoms with Gasteiger partial charge in [-0.05, 0) is 53.4 Å². The summed E-state index contributed by atoms with van der Waals surface area (Å²) in [6.45, 7) is 0. The van der Waals surface area contributed by atoms with Crippen molar-refractivity contribution in [3.05, 3.63) is 81.5 Å². The number of sulfone groups is 1. The Kier molecular flexibility index (Phi) is 4.49. The number of carbonyl (C=O) groups is 2. The van der Waals surface area contributed by atoms with E-state index in [4.69, 9.17) is 0 Å². The van der Waals surface area contributed by atoms with E-state index in [1.54, 1.807) is 42.5 Å². The number of anilines is 1. The minimum Gasteiger partial charge on any atom is -0.321 e. The fraction of sp³-hybridized carbons (Fsp3) is 0.0476. The smallest absolute Gasteiger partial charge is 0.256 e. The second-order valence-electron chi connectivity index (χ2n) is 6.42. The Balaban J connectivity index is 1.72. The first-order valence-electron chi connectivity index (χ1n) is 8.39. The molecular formula is C21H15NO4S2. The van der Waals surface area contributed by atoms with Crippen LogP contribution >= 0.6 is 11.3 Å². The highest BCUT2D eigenvalue weighted by Gasteiger charge is 2.25. The molecule has 0 bridgehead atoms. The minimum absolute atomic E-state index is 0.0889. The fourth-order valence-corrected chi connectivity index (χ4v) is 4.32. The Bertz CT molecular complexity index is 1220. The van der Waals surface area contributed by atoms with Crippen molar-refractivity contribution in [2.24, 2.45) is 0 Å². The van der Waals surface area contributed by atoms with E-state index in [-0.39, 0.29) is 16.6 Å². The lowest BCUT2D eigenvalue weighted by Crippen LogP contribution is -2.03. The Hall–Kier alpha value is -3.03. The van der Waals surface area contributed by atoms with Crippen LogP contribution in [0.1, 0.15) is 26.4 Å². The van der Waals surface area contributed by atoms with Gasteiger partial charge in [0.15, 0.2) is 9.84 Å². The zero-order valence-corrected chi connectivity index (χ0v) is 16.4. The lowest BCUT2D eigenvalue weighted by Gasteiger charge is -2.04. The summed E-state index contributed by atoms with van der Waals surface area (Å²) in [5.41, 5.74) is 2.94. The van der Waals surface area contributed by atoms with Crippen LogP contribution in [0.3, 0.4) is 0 Å². The second-order valence-corrected chi connectivity index (χ2v) is 9.38. The SMILES string of the molecule is CS(=O)(=O)c1ccc(/C=C2\C(=O)Nc3ccc(C(=O)c4cccs4)cc32)cc1. The molecule has 0 aliphatic carbocycles. The topological polar surface area (TPSA) is 80.3 Å². The third kappa shape index (κ3) is 3.42. The van der Waals surface area contributed by atoms with Crippen LogP contribution in [0.5, 0.6) is 0 Å². The van der Waals surface area contributed by atoms with Crippen molar-refractivity contribution in [2.45, 2.75) is 4.90 Å². The van der Waals surface area contributed by atoms with E-state index in [2.05, 4.69) is 5.32 Å². The maximum absolute atomic E-state index is 12.6. The molecule has 5 nitrogen and oxygen atoms in total. The Morgan fingerprint density at radius 1 is 1.07 bits per heavy atom. The molecule has 0 atom stereocenters. The molecule has 140 valence electrons. The Morgan fingerprint density at radius 2 is 1.82 bits per heavy atom. The molecule has 2 heterocycles. The van der Waals surface area contributed by atoms with Gasteiger partial charge in [-0.2, -0.15) is 0 Å². The van der Waals surface area contributed by atoms with Gasteiger partial charge in [0.2, 0.25) is 5.78 Å². The molecule has 28 heavy (non-hydrogen) atoms. The summed E-state index contributed by atoms with van der Waals surface area (Å²) in [4.78, 5) is 25.9. The molecule has 0 saturated carbocycles. The molecule has 0 fully saturated rings. The molecule has 7 heteroatoms. The van der Waals surface area contributed by atoms with Gasteiger partial charge in [-0.25, -0.2) is 8.42 Å². The summed E-state index contributed by atoms with van der Waals surface area (Å²) in [5.74, 6) is -0.350. The minimum atomic E-state index is -3.28. The van der Waals surface area contributed by atoms with E-state index >= 15 is 0 Å². The zero-order chi connectivity index (χ0) is 19.9. The second kappa shape index (κ2) is 6.85. The molecule has 0 unspecified atom stereocenters. The summed E-state index contributed by atoms with van der Waals surface area (Å²) in [6.07, 6.45) is 2.83. The van der Waals surface area contributed by atoms with E-state index in [0.717, 1.165) is 6.26 Å². The highest BCUT2D eigenvalue weighted by molar-refractivity contribution is 7.90. The predicted octanol–water partition coefficient (Wildman–Crippen LogP) is 3.88. The van der Waals surface area contributed by atoms with E-state index < -0.39 is 9.84 Å². The summed E-state index contributed by atoms with van der Waals surface area (Å²) in [6, 6.07) is 15.0. The average molecular weight is 409 g/mol. The third-order valence-corrected chi connectivity index (χ3v) is 6.43. The number of ketones is 1. The molecule has 1 aliphatic heterocycles. The van der Waals surface area contributed by atoms with Crippen LogP contribution in [0.4, 0.5) is 5.69 Å². The number of fused-ring (bicyclic) bond motifs is 1. The third-order valence-electron chi connectivity index (χ3n) is 4.43. The highest BCUT2D eigenvalue weighted by atomic mass is 32.2. The molecule has 1 aliphatic rings. The molecule has 1 N–H and O–H groups in total. The predicted molar refractivity (Wildman–Crippen MR) is 110 cm³/mol. The number of carbonyl (C=O) groups excluding carboxylic acids is 2. The number of thiophene rings is 1. The first-order valence-corrected chi connectivity index (χ1v) is 11.2. The lowest BCUT2D eigenvalue weighted by atomic mass is 9.99. The lowest BCUT2D eigenvalue weighted by molar-refractivity contribution is -0.110.